The molecule has 0 unspecified atom stereocenters. The minimum Gasteiger partial charge on any atom is -0.369 e. The van der Waals surface area contributed by atoms with Gasteiger partial charge in [0.2, 0.25) is 11.9 Å². The monoisotopic (exact) mass is 367 g/mol. The number of hydrogen-bond donors (Lipinski definition) is 2. The summed E-state index contributed by atoms with van der Waals surface area (Å²) in [7, 11) is -3.38. The van der Waals surface area contributed by atoms with Crippen molar-refractivity contribution in [3.63, 3.8) is 0 Å². The van der Waals surface area contributed by atoms with Crippen LogP contribution in [0.25, 0.3) is 0 Å². The third-order valence-corrected chi connectivity index (χ3v) is 6.15. The average molecular weight is 367 g/mol. The molecule has 1 amide bonds. The molecule has 2 aliphatic rings. The van der Waals surface area contributed by atoms with Gasteiger partial charge >= 0.3 is 0 Å². The fourth-order valence-corrected chi connectivity index (χ4v) is 4.39. The van der Waals surface area contributed by atoms with Crippen molar-refractivity contribution in [2.45, 2.75) is 36.5 Å². The van der Waals surface area contributed by atoms with Crippen molar-refractivity contribution in [3.8, 4) is 0 Å². The average Bonchev–Trinajstić information content (AvgIpc) is 2.61. The van der Waals surface area contributed by atoms with Crippen LogP contribution in [0.1, 0.15) is 37.3 Å². The number of amides is 1. The summed E-state index contributed by atoms with van der Waals surface area (Å²) in [5.74, 6) is 0.245. The maximum Gasteiger partial charge on any atom is 0.225 e. The van der Waals surface area contributed by atoms with Gasteiger partial charge < -0.3 is 16.0 Å². The number of hydrogen-bond acceptors (Lipinski definition) is 7. The second kappa shape index (κ2) is 7.25. The highest BCUT2D eigenvalue weighted by molar-refractivity contribution is 7.90. The molecular weight excluding hydrogens is 342 g/mol. The number of anilines is 1. The molecule has 8 nitrogen and oxygen atoms in total. The molecule has 2 fully saturated rings. The highest BCUT2D eigenvalue weighted by Gasteiger charge is 2.28. The molecule has 9 heteroatoms. The molecule has 3 N–H and O–H groups in total. The maximum absolute atomic E-state index is 12.1. The van der Waals surface area contributed by atoms with Gasteiger partial charge in [0.1, 0.15) is 4.90 Å². The molecule has 1 aromatic heterocycles. The van der Waals surface area contributed by atoms with Crippen LogP contribution in [0, 0.1) is 5.92 Å². The SMILES string of the molecule is CS(=O)(=O)c1cnc(N2CCC(C(N)=O)CC2)nc1[C@H]1CCCNC1. The zero-order chi connectivity index (χ0) is 18.0. The number of nitrogens with two attached hydrogens (primary N) is 1. The molecule has 25 heavy (non-hydrogen) atoms. The Labute approximate surface area is 148 Å². The summed E-state index contributed by atoms with van der Waals surface area (Å²) in [5.41, 5.74) is 5.99. The normalized spacial score (nSPS) is 22.8. The number of primary amides is 1. The Morgan fingerprint density at radius 3 is 2.60 bits per heavy atom. The maximum atomic E-state index is 12.1. The van der Waals surface area contributed by atoms with Gasteiger partial charge in [0, 0.05) is 37.7 Å². The third kappa shape index (κ3) is 4.09. The molecule has 3 rings (SSSR count). The van der Waals surface area contributed by atoms with E-state index < -0.39 is 9.84 Å². The summed E-state index contributed by atoms with van der Waals surface area (Å²) < 4.78 is 24.3. The fraction of sp³-hybridized carbons (Fsp3) is 0.688. The van der Waals surface area contributed by atoms with Gasteiger partial charge in [-0.2, -0.15) is 0 Å². The lowest BCUT2D eigenvalue weighted by atomic mass is 9.95. The van der Waals surface area contributed by atoms with Gasteiger partial charge in [-0.3, -0.25) is 4.79 Å². The number of piperidine rings is 2. The van der Waals surface area contributed by atoms with E-state index in [2.05, 4.69) is 15.3 Å². The molecule has 1 atom stereocenters. The summed E-state index contributed by atoms with van der Waals surface area (Å²) in [6.07, 6.45) is 5.89. The van der Waals surface area contributed by atoms with Crippen LogP contribution in [-0.2, 0) is 14.6 Å². The lowest BCUT2D eigenvalue weighted by molar-refractivity contribution is -0.122. The van der Waals surface area contributed by atoms with Crippen molar-refractivity contribution < 1.29 is 13.2 Å². The quantitative estimate of drug-likeness (QED) is 0.772. The lowest BCUT2D eigenvalue weighted by Gasteiger charge is -2.31. The van der Waals surface area contributed by atoms with Gasteiger partial charge in [-0.15, -0.1) is 0 Å². The van der Waals surface area contributed by atoms with Crippen LogP contribution in [0.15, 0.2) is 11.1 Å². The molecule has 1 aromatic rings. The van der Waals surface area contributed by atoms with Gasteiger partial charge in [-0.25, -0.2) is 18.4 Å². The van der Waals surface area contributed by atoms with E-state index in [-0.39, 0.29) is 22.6 Å². The summed E-state index contributed by atoms with van der Waals surface area (Å²) >= 11 is 0. The lowest BCUT2D eigenvalue weighted by Crippen LogP contribution is -2.39. The Hall–Kier alpha value is -1.74. The highest BCUT2D eigenvalue weighted by Crippen LogP contribution is 2.29. The zero-order valence-corrected chi connectivity index (χ0v) is 15.3. The van der Waals surface area contributed by atoms with E-state index in [1.807, 2.05) is 4.90 Å². The van der Waals surface area contributed by atoms with E-state index in [1.165, 1.54) is 12.5 Å². The Morgan fingerprint density at radius 1 is 1.32 bits per heavy atom. The van der Waals surface area contributed by atoms with E-state index in [9.17, 15) is 13.2 Å². The largest absolute Gasteiger partial charge is 0.369 e. The molecule has 0 saturated carbocycles. The first-order chi connectivity index (χ1) is 11.9. The number of nitrogens with zero attached hydrogens (tertiary/aromatic N) is 3. The van der Waals surface area contributed by atoms with E-state index >= 15 is 0 Å². The Bertz CT molecular complexity index is 738. The standard InChI is InChI=1S/C16H25N5O3S/c1-25(23,24)13-10-19-16(20-14(13)12-3-2-6-18-9-12)21-7-4-11(5-8-21)15(17)22/h10-12,18H,2-9H2,1H3,(H2,17,22)/t12-/m0/s1. The molecular formula is C16H25N5O3S. The minimum absolute atomic E-state index is 0.0726. The smallest absolute Gasteiger partial charge is 0.225 e. The number of rotatable bonds is 4. The van der Waals surface area contributed by atoms with E-state index in [4.69, 9.17) is 5.73 Å². The second-order valence-corrected chi connectivity index (χ2v) is 8.88. The summed E-state index contributed by atoms with van der Waals surface area (Å²) in [6.45, 7) is 2.97. The second-order valence-electron chi connectivity index (χ2n) is 6.90. The van der Waals surface area contributed by atoms with Crippen molar-refractivity contribution in [1.29, 1.82) is 0 Å². The molecule has 0 aromatic carbocycles. The molecule has 2 aliphatic heterocycles. The summed E-state index contributed by atoms with van der Waals surface area (Å²) in [4.78, 5) is 22.5. The van der Waals surface area contributed by atoms with Crippen molar-refractivity contribution >= 4 is 21.7 Å². The van der Waals surface area contributed by atoms with Gasteiger partial charge in [-0.05, 0) is 32.2 Å². The number of sulfone groups is 1. The van der Waals surface area contributed by atoms with Gasteiger partial charge in [-0.1, -0.05) is 0 Å². The van der Waals surface area contributed by atoms with Crippen molar-refractivity contribution in [1.82, 2.24) is 15.3 Å². The van der Waals surface area contributed by atoms with Gasteiger partial charge in [0.25, 0.3) is 0 Å². The Balaban J connectivity index is 1.88. The van der Waals surface area contributed by atoms with Crippen LogP contribution in [0.5, 0.6) is 0 Å². The first-order valence-electron chi connectivity index (χ1n) is 8.68. The van der Waals surface area contributed by atoms with Crippen LogP contribution in [0.4, 0.5) is 5.95 Å². The molecule has 0 bridgehead atoms. The molecule has 0 spiro atoms. The van der Waals surface area contributed by atoms with Gasteiger partial charge in [0.15, 0.2) is 9.84 Å². The first kappa shape index (κ1) is 18.1. The molecule has 3 heterocycles. The van der Waals surface area contributed by atoms with Crippen LogP contribution >= 0.6 is 0 Å². The number of carbonyl (C=O) groups is 1. The minimum atomic E-state index is -3.38. The molecule has 2 saturated heterocycles. The van der Waals surface area contributed by atoms with Gasteiger partial charge in [0.05, 0.1) is 11.9 Å². The van der Waals surface area contributed by atoms with Crippen LogP contribution in [-0.4, -0.2) is 56.7 Å². The Kier molecular flexibility index (Phi) is 5.24. The van der Waals surface area contributed by atoms with Crippen LogP contribution in [0.3, 0.4) is 0 Å². The predicted molar refractivity (Wildman–Crippen MR) is 94.1 cm³/mol. The molecule has 138 valence electrons. The van der Waals surface area contributed by atoms with Crippen LogP contribution < -0.4 is 16.0 Å². The number of carbonyl (C=O) groups excluding carboxylic acids is 1. The highest BCUT2D eigenvalue weighted by atomic mass is 32.2. The van der Waals surface area contributed by atoms with Crippen molar-refractivity contribution in [3.05, 3.63) is 11.9 Å². The zero-order valence-electron chi connectivity index (χ0n) is 14.4. The van der Waals surface area contributed by atoms with Crippen molar-refractivity contribution in [2.24, 2.45) is 11.7 Å². The third-order valence-electron chi connectivity index (χ3n) is 5.03. The predicted octanol–water partition coefficient (Wildman–Crippen LogP) is 0.0488. The van der Waals surface area contributed by atoms with E-state index in [0.717, 1.165) is 25.9 Å². The van der Waals surface area contributed by atoms with E-state index in [1.54, 1.807) is 0 Å². The Morgan fingerprint density at radius 2 is 2.04 bits per heavy atom. The van der Waals surface area contributed by atoms with Crippen LogP contribution in [0.2, 0.25) is 0 Å². The molecule has 0 radical (unpaired) electrons. The first-order valence-corrected chi connectivity index (χ1v) is 10.6. The van der Waals surface area contributed by atoms with Crippen molar-refractivity contribution in [2.75, 3.05) is 37.3 Å². The fourth-order valence-electron chi connectivity index (χ4n) is 3.55. The number of aromatic nitrogens is 2. The summed E-state index contributed by atoms with van der Waals surface area (Å²) in [6, 6.07) is 0. The summed E-state index contributed by atoms with van der Waals surface area (Å²) in [5, 5.41) is 3.31. The number of nitrogens with one attached hydrogen (secondary N) is 1. The molecule has 0 aliphatic carbocycles. The topological polar surface area (TPSA) is 118 Å². The van der Waals surface area contributed by atoms with E-state index in [0.29, 0.717) is 37.6 Å².